The number of ether oxygens (including phenoxy) is 4. The van der Waals surface area contributed by atoms with E-state index in [1.807, 2.05) is 134 Å². The molecule has 2 aliphatic rings. The number of alkyl halides is 6. The van der Waals surface area contributed by atoms with Crippen LogP contribution in [0.25, 0.3) is 11.0 Å². The molecule has 21 nitrogen and oxygen atoms in total. The van der Waals surface area contributed by atoms with Gasteiger partial charge in [0, 0.05) is 83.3 Å². The van der Waals surface area contributed by atoms with Gasteiger partial charge >= 0.3 is 18.5 Å². The number of rotatable bonds is 18. The first-order valence-corrected chi connectivity index (χ1v) is 47.5. The van der Waals surface area contributed by atoms with Crippen molar-refractivity contribution in [3.05, 3.63) is 355 Å². The van der Waals surface area contributed by atoms with Crippen molar-refractivity contribution in [2.75, 3.05) is 98.8 Å². The van der Waals surface area contributed by atoms with Crippen molar-refractivity contribution in [3.8, 4) is 17.2 Å². The van der Waals surface area contributed by atoms with Crippen LogP contribution >= 0.6 is 0 Å². The van der Waals surface area contributed by atoms with Crippen LogP contribution in [0.3, 0.4) is 0 Å². The predicted octanol–water partition coefficient (Wildman–Crippen LogP) is 27.2. The van der Waals surface area contributed by atoms with Crippen LogP contribution in [-0.2, 0) is 37.1 Å². The van der Waals surface area contributed by atoms with Crippen molar-refractivity contribution in [3.63, 3.8) is 0 Å². The minimum atomic E-state index is -4.60. The first-order valence-electron chi connectivity index (χ1n) is 47.5. The van der Waals surface area contributed by atoms with Gasteiger partial charge in [0.15, 0.2) is 11.6 Å². The number of carbonyl (C=O) groups excluding carboxylic acids is 2. The van der Waals surface area contributed by atoms with Crippen molar-refractivity contribution in [1.82, 2.24) is 19.4 Å². The molecule has 2 aromatic heterocycles. The number of nitrogens with one attached hydrogen (secondary N) is 1. The SMILES string of the molecule is C.CC(C)C.CC(C)c1ccccc1.CCC(C)C.CNc1ccc(C(C)C)cc1.COc1ccc(C(C)C)c(C)c1.COc1ccccc1.Cc1cccc(C)c1.Cn1ccnc1.FC(F)(F)Oc1ccccc1.FC(F)(F)c1ccccc1.Fc1ccccc1F.NCCCC(=O)O.NCCCCCO.NCCO.O=CN1CCCC1.O=CN1CCOCC1.O=CO.c1ccc2occc2c1.c1ccccc1. The number of nitrogens with two attached hydrogens (primary N) is 3. The zero-order valence-corrected chi connectivity index (χ0v) is 87.4. The highest BCUT2D eigenvalue weighted by Crippen LogP contribution is 2.29. The summed E-state index contributed by atoms with van der Waals surface area (Å²) in [5.41, 5.74) is 24.7. The highest BCUT2D eigenvalue weighted by atomic mass is 19.4. The number of para-hydroxylation sites is 3. The normalized spacial score (nSPS) is 10.7. The van der Waals surface area contributed by atoms with Crippen LogP contribution in [0.4, 0.5) is 40.8 Å². The minimum Gasteiger partial charge on any atom is -0.497 e. The van der Waals surface area contributed by atoms with Crippen LogP contribution in [0.5, 0.6) is 17.2 Å². The van der Waals surface area contributed by atoms with Gasteiger partial charge in [-0.3, -0.25) is 19.2 Å². The van der Waals surface area contributed by atoms with E-state index in [-0.39, 0.29) is 32.7 Å². The van der Waals surface area contributed by atoms with E-state index in [1.165, 1.54) is 107 Å². The van der Waals surface area contributed by atoms with E-state index < -0.39 is 35.7 Å². The molecule has 0 bridgehead atoms. The smallest absolute Gasteiger partial charge is 0.497 e. The number of hydrogen-bond donors (Lipinski definition) is 8. The van der Waals surface area contributed by atoms with Gasteiger partial charge in [-0.15, -0.1) is 13.2 Å². The second kappa shape index (κ2) is 96.4. The van der Waals surface area contributed by atoms with E-state index in [9.17, 15) is 49.5 Å². The number of nitrogens with zero attached hydrogens (tertiary/aromatic N) is 4. The maximum Gasteiger partial charge on any atom is 0.573 e. The summed E-state index contributed by atoms with van der Waals surface area (Å²) in [6.45, 7) is 39.3. The fourth-order valence-electron chi connectivity index (χ4n) is 10.2. The van der Waals surface area contributed by atoms with Gasteiger partial charge in [-0.05, 0) is 197 Å². The van der Waals surface area contributed by atoms with Crippen LogP contribution < -0.4 is 36.7 Å². The number of methoxy groups -OCH3 is 2. The molecule has 0 radical (unpaired) electrons. The molecular weight excluding hydrogens is 1850 g/mol. The second-order valence-corrected chi connectivity index (χ2v) is 32.7. The lowest BCUT2D eigenvalue weighted by Gasteiger charge is -2.21. The number of carbonyl (C=O) groups is 4. The number of amides is 2. The molecule has 2 saturated heterocycles. The van der Waals surface area contributed by atoms with Gasteiger partial charge in [-0.25, -0.2) is 13.8 Å². The molecule has 0 spiro atoms. The molecule has 2 fully saturated rings. The van der Waals surface area contributed by atoms with E-state index in [2.05, 4.69) is 204 Å². The maximum atomic E-state index is 11.9. The first kappa shape index (κ1) is 142. The van der Waals surface area contributed by atoms with E-state index in [1.54, 1.807) is 54.9 Å². The number of anilines is 1. The number of fused-ring (bicyclic) bond motifs is 1. The standard InChI is InChI=1S/C11H16O.C10H15N.C9H12.C8H6O.C8H10.C7H5F3O.C7H5F3.C7H8O.C6H4F2.C6H6.C5H9NO2.C5H9NO.C5H13NO.C5H12.C4H6N2.C4H9NO2.C4H10.C2H7NO.CH2O2.CH4/c1-8(2)11-6-5-10(12-4)7-9(11)3;1-8(2)9-4-6-10(11-3)7-5-9;1-8(2)9-6-4-3-5-7-9;1-2-4-8-7(3-1)5-6-9-8;1-7-4-3-5-8(2)6-7;8-7(9,10)11-6-4-2-1-3-5-6;8-7(9,10)6-4-2-1-3-5-6;1-8-7-5-3-2-4-6-7;7-5-3-1-2-4-6(5)8;1-2-4-6-5-3-1;7-5-6-1-3-8-4-2-6;7-5-6-3-1-2-4-6;6-4-2-1-3-5-7;1-4-5(2)3;1-6-3-2-5-4-6;5-3-1-2-4(6)7;1-4(2)3;3-1-2-4;2-1-3;/h5-8H,1-4H3;4-8,11H,1-3H3;3-8H,1-2H3;1-6H;3-6H,1-2H3;1-5H;1-5H;2-6H,1H3;1-4H;1-6H;5H,1-4H2;5H,1-4H2;7H,1-6H2;5H,4H2,1-3H3;2-4H,1H3;1-3,5H2,(H,6,7);4H,1-3H3;4H,1-3H2;1H,(H,2,3);1H4. The first-order chi connectivity index (χ1) is 68.1. The average Bonchev–Trinajstić information content (AvgIpc) is 1.68. The number of likely N-dealkylation sites (tertiary alicyclic amines) is 1. The Bertz CT molecular complexity index is 4690. The third-order valence-electron chi connectivity index (χ3n) is 18.0. The zero-order valence-electron chi connectivity index (χ0n) is 87.4. The Labute approximate surface area is 854 Å². The number of carboxylic acid groups (broad SMARTS) is 2. The molecule has 10 aromatic carbocycles. The highest BCUT2D eigenvalue weighted by molar-refractivity contribution is 5.76. The van der Waals surface area contributed by atoms with Gasteiger partial charge in [-0.2, -0.15) is 13.2 Å². The number of unbranched alkanes of at least 4 members (excludes halogenated alkanes) is 2. The molecule has 0 unspecified atom stereocenters. The largest absolute Gasteiger partial charge is 0.573 e. The van der Waals surface area contributed by atoms with Crippen LogP contribution in [-0.4, -0.2) is 165 Å². The van der Waals surface area contributed by atoms with Gasteiger partial charge in [0.2, 0.25) is 12.8 Å². The lowest BCUT2D eigenvalue weighted by Crippen LogP contribution is -2.34. The van der Waals surface area contributed by atoms with Crippen molar-refractivity contribution in [1.29, 1.82) is 0 Å². The average molecular weight is 2020 g/mol. The molecule has 2 aliphatic heterocycles. The molecule has 2 amide bonds. The quantitative estimate of drug-likeness (QED) is 0.0225. The Hall–Kier alpha value is -12.8. The highest BCUT2D eigenvalue weighted by Gasteiger charge is 2.31. The van der Waals surface area contributed by atoms with E-state index in [0.29, 0.717) is 57.1 Å². The van der Waals surface area contributed by atoms with E-state index >= 15 is 0 Å². The Morgan fingerprint density at radius 2 is 0.931 bits per heavy atom. The third-order valence-corrected chi connectivity index (χ3v) is 18.0. The monoisotopic (exact) mass is 2020 g/mol. The number of aliphatic carboxylic acids is 1. The molecule has 802 valence electrons. The Morgan fingerprint density at radius 3 is 1.22 bits per heavy atom. The number of imidazole rings is 1. The summed E-state index contributed by atoms with van der Waals surface area (Å²) in [6.07, 6.45) is 7.54. The second-order valence-electron chi connectivity index (χ2n) is 32.7. The summed E-state index contributed by atoms with van der Waals surface area (Å²) in [5.74, 6) is 2.88. The molecule has 12 aromatic rings. The molecule has 144 heavy (non-hydrogen) atoms. The summed E-state index contributed by atoms with van der Waals surface area (Å²) in [4.78, 5) is 45.3. The lowest BCUT2D eigenvalue weighted by molar-refractivity contribution is -0.274. The Morgan fingerprint density at radius 1 is 0.514 bits per heavy atom. The minimum absolute atomic E-state index is 0. The predicted molar refractivity (Wildman–Crippen MR) is 577 cm³/mol. The summed E-state index contributed by atoms with van der Waals surface area (Å²) in [5, 5.41) is 35.1. The third kappa shape index (κ3) is 91.7. The molecule has 0 saturated carbocycles. The maximum absolute atomic E-state index is 11.9. The van der Waals surface area contributed by atoms with Crippen LogP contribution in [0.2, 0.25) is 0 Å². The number of benzene rings is 10. The number of hydrogen-bond acceptors (Lipinski definition) is 16. The van der Waals surface area contributed by atoms with E-state index in [0.717, 1.165) is 123 Å². The number of morpholine rings is 1. The summed E-state index contributed by atoms with van der Waals surface area (Å²) >= 11 is 0. The molecule has 4 heterocycles. The number of halogens is 8. The molecule has 0 aliphatic carbocycles. The molecule has 29 heteroatoms. The Balaban J connectivity index is -0.000000351. The Kier molecular flexibility index (Phi) is 95.0. The van der Waals surface area contributed by atoms with Crippen molar-refractivity contribution in [2.24, 2.45) is 36.1 Å². The summed E-state index contributed by atoms with van der Waals surface area (Å²) < 4.78 is 119. The number of carboxylic acids is 1. The topological polar surface area (TPSA) is 314 Å². The van der Waals surface area contributed by atoms with Gasteiger partial charge in [0.05, 0.1) is 52.2 Å². The number of aliphatic hydroxyl groups is 2. The van der Waals surface area contributed by atoms with Crippen molar-refractivity contribution >= 4 is 41.9 Å². The number of aryl methyl sites for hydroxylation is 4. The molecule has 14 rings (SSSR count). The number of aliphatic hydroxyl groups excluding tert-OH is 2. The van der Waals surface area contributed by atoms with Crippen LogP contribution in [0, 0.1) is 44.2 Å². The zero-order chi connectivity index (χ0) is 109. The fraction of sp³-hybridized carbons (Fsp3) is 0.400. The van der Waals surface area contributed by atoms with Crippen LogP contribution in [0.1, 0.15) is 199 Å². The molecular formula is C115H168F8N8O13. The van der Waals surface area contributed by atoms with Crippen LogP contribution in [0.15, 0.2) is 308 Å². The van der Waals surface area contributed by atoms with Crippen molar-refractivity contribution < 1.29 is 98.1 Å². The van der Waals surface area contributed by atoms with Gasteiger partial charge in [0.1, 0.15) is 22.8 Å². The van der Waals surface area contributed by atoms with Gasteiger partial charge in [-0.1, -0.05) is 314 Å². The lowest BCUT2D eigenvalue weighted by atomic mass is 9.98. The fourth-order valence-corrected chi connectivity index (χ4v) is 10.2. The van der Waals surface area contributed by atoms with Crippen molar-refractivity contribution in [2.45, 2.75) is 193 Å². The summed E-state index contributed by atoms with van der Waals surface area (Å²) in [6, 6.07) is 83.8. The number of furan rings is 1. The summed E-state index contributed by atoms with van der Waals surface area (Å²) in [7, 11) is 7.23. The van der Waals surface area contributed by atoms with E-state index in [4.69, 9.17) is 61.0 Å². The van der Waals surface area contributed by atoms with Gasteiger partial charge in [0.25, 0.3) is 6.47 Å². The van der Waals surface area contributed by atoms with Gasteiger partial charge < -0.3 is 80.7 Å². The molecule has 11 N–H and O–H groups in total. The molecule has 0 atom stereocenters. The number of aromatic nitrogens is 2.